The molecule has 0 saturated carbocycles. The highest BCUT2D eigenvalue weighted by Crippen LogP contribution is 2.30. The van der Waals surface area contributed by atoms with Gasteiger partial charge in [0.1, 0.15) is 11.0 Å². The van der Waals surface area contributed by atoms with Crippen LogP contribution in [0.25, 0.3) is 0 Å². The van der Waals surface area contributed by atoms with E-state index in [1.165, 1.54) is 31.7 Å². The van der Waals surface area contributed by atoms with E-state index in [-0.39, 0.29) is 18.2 Å². The van der Waals surface area contributed by atoms with Crippen molar-refractivity contribution in [2.75, 3.05) is 25.6 Å². The Balaban J connectivity index is 1.63. The summed E-state index contributed by atoms with van der Waals surface area (Å²) in [6.07, 6.45) is 4.66. The lowest BCUT2D eigenvalue weighted by atomic mass is 10.2. The quantitative estimate of drug-likeness (QED) is 0.320. The molecule has 1 N–H and O–H groups in total. The number of rotatable bonds is 11. The number of hydrogen-bond donors (Lipinski definition) is 1. The molecule has 0 radical (unpaired) electrons. The van der Waals surface area contributed by atoms with Gasteiger partial charge in [-0.1, -0.05) is 37.9 Å². The first kappa shape index (κ1) is 27.3. The molecule has 0 aliphatic carbocycles. The van der Waals surface area contributed by atoms with Gasteiger partial charge in [0.2, 0.25) is 11.8 Å². The van der Waals surface area contributed by atoms with E-state index in [1.807, 2.05) is 19.1 Å². The van der Waals surface area contributed by atoms with Gasteiger partial charge in [0, 0.05) is 18.7 Å². The van der Waals surface area contributed by atoms with E-state index in [4.69, 9.17) is 9.47 Å². The maximum absolute atomic E-state index is 13.0. The summed E-state index contributed by atoms with van der Waals surface area (Å²) < 4.78 is 10.5. The lowest BCUT2D eigenvalue weighted by Crippen LogP contribution is -2.45. The highest BCUT2D eigenvalue weighted by Gasteiger charge is 2.35. The van der Waals surface area contributed by atoms with Crippen LogP contribution in [0.3, 0.4) is 0 Å². The third-order valence-electron chi connectivity index (χ3n) is 5.65. The van der Waals surface area contributed by atoms with Crippen LogP contribution >= 0.6 is 11.8 Å². The minimum absolute atomic E-state index is 0.0869. The number of methoxy groups -OCH3 is 1. The Labute approximate surface area is 216 Å². The summed E-state index contributed by atoms with van der Waals surface area (Å²) in [6.45, 7) is 5.16. The van der Waals surface area contributed by atoms with Crippen molar-refractivity contribution in [3.8, 4) is 5.75 Å². The zero-order chi connectivity index (χ0) is 25.9. The Kier molecular flexibility index (Phi) is 10.4. The van der Waals surface area contributed by atoms with Gasteiger partial charge in [-0.2, -0.15) is 0 Å². The number of hydrogen-bond acceptors (Lipinski definition) is 7. The Bertz CT molecular complexity index is 1070. The van der Waals surface area contributed by atoms with Crippen LogP contribution in [0.2, 0.25) is 0 Å². The molecule has 8 nitrogen and oxygen atoms in total. The van der Waals surface area contributed by atoms with Crippen molar-refractivity contribution in [3.63, 3.8) is 0 Å². The molecule has 1 heterocycles. The maximum Gasteiger partial charge on any atom is 0.337 e. The van der Waals surface area contributed by atoms with E-state index < -0.39 is 11.2 Å². The topological polar surface area (TPSA) is 97.3 Å². The second-order valence-electron chi connectivity index (χ2n) is 8.30. The maximum atomic E-state index is 13.0. The van der Waals surface area contributed by atoms with E-state index in [0.29, 0.717) is 35.3 Å². The summed E-state index contributed by atoms with van der Waals surface area (Å²) in [6, 6.07) is 13.8. The molecule has 2 amide bonds. The molecule has 1 saturated heterocycles. The molecule has 0 aromatic heterocycles. The van der Waals surface area contributed by atoms with Gasteiger partial charge >= 0.3 is 5.97 Å². The number of aliphatic imine (C=N–C) groups is 1. The van der Waals surface area contributed by atoms with Gasteiger partial charge in [-0.3, -0.25) is 14.5 Å². The number of carbonyl (C=O) groups excluding carboxylic acids is 3. The van der Waals surface area contributed by atoms with Gasteiger partial charge in [0.25, 0.3) is 0 Å². The number of ether oxygens (including phenoxy) is 2. The fourth-order valence-electron chi connectivity index (χ4n) is 3.63. The van der Waals surface area contributed by atoms with Gasteiger partial charge in [-0.05, 0) is 61.9 Å². The van der Waals surface area contributed by atoms with Gasteiger partial charge in [-0.25, -0.2) is 9.79 Å². The molecule has 1 atom stereocenters. The number of carbonyl (C=O) groups is 3. The van der Waals surface area contributed by atoms with Crippen molar-refractivity contribution >= 4 is 46.1 Å². The third kappa shape index (κ3) is 7.58. The molecule has 36 heavy (non-hydrogen) atoms. The average molecular weight is 512 g/mol. The van der Waals surface area contributed by atoms with Crippen LogP contribution in [-0.4, -0.2) is 53.4 Å². The normalized spacial score (nSPS) is 16.6. The SMILES string of the molecule is CCCCCCOc1ccc(NC(=O)C2CC(=O)N(CC)C(=Nc3ccc(C(=O)OC)cc3)S2)cc1. The third-order valence-corrected chi connectivity index (χ3v) is 6.84. The van der Waals surface area contributed by atoms with Gasteiger partial charge in [0.15, 0.2) is 5.17 Å². The largest absolute Gasteiger partial charge is 0.494 e. The lowest BCUT2D eigenvalue weighted by molar-refractivity contribution is -0.129. The van der Waals surface area contributed by atoms with Crippen LogP contribution in [0.5, 0.6) is 5.75 Å². The monoisotopic (exact) mass is 511 g/mol. The van der Waals surface area contributed by atoms with Crippen LogP contribution < -0.4 is 10.1 Å². The Morgan fingerprint density at radius 2 is 1.78 bits per heavy atom. The molecule has 0 spiro atoms. The van der Waals surface area contributed by atoms with Crippen LogP contribution in [0.4, 0.5) is 11.4 Å². The van der Waals surface area contributed by atoms with Crippen molar-refractivity contribution in [2.24, 2.45) is 4.99 Å². The number of unbranched alkanes of at least 4 members (excludes halogenated alkanes) is 3. The number of thioether (sulfide) groups is 1. The van der Waals surface area contributed by atoms with E-state index in [1.54, 1.807) is 41.3 Å². The minimum Gasteiger partial charge on any atom is -0.494 e. The Hall–Kier alpha value is -3.33. The van der Waals surface area contributed by atoms with E-state index in [9.17, 15) is 14.4 Å². The first-order valence-corrected chi connectivity index (χ1v) is 13.1. The molecule has 3 rings (SSSR count). The van der Waals surface area contributed by atoms with Crippen molar-refractivity contribution in [3.05, 3.63) is 54.1 Å². The smallest absolute Gasteiger partial charge is 0.337 e. The first-order valence-electron chi connectivity index (χ1n) is 12.2. The summed E-state index contributed by atoms with van der Waals surface area (Å²) in [5.74, 6) is -0.0907. The van der Waals surface area contributed by atoms with Crippen molar-refractivity contribution < 1.29 is 23.9 Å². The first-order chi connectivity index (χ1) is 17.4. The number of amidine groups is 1. The van der Waals surface area contributed by atoms with Crippen molar-refractivity contribution in [1.29, 1.82) is 0 Å². The molecule has 2 aromatic carbocycles. The number of nitrogens with one attached hydrogen (secondary N) is 1. The average Bonchev–Trinajstić information content (AvgIpc) is 2.89. The van der Waals surface area contributed by atoms with Crippen LogP contribution in [0.15, 0.2) is 53.5 Å². The molecule has 1 aliphatic rings. The number of amides is 2. The highest BCUT2D eigenvalue weighted by molar-refractivity contribution is 8.15. The number of esters is 1. The van der Waals surface area contributed by atoms with Crippen molar-refractivity contribution in [2.45, 2.75) is 51.2 Å². The van der Waals surface area contributed by atoms with E-state index in [2.05, 4.69) is 17.2 Å². The predicted molar refractivity (Wildman–Crippen MR) is 143 cm³/mol. The van der Waals surface area contributed by atoms with Gasteiger partial charge < -0.3 is 14.8 Å². The van der Waals surface area contributed by atoms with Crippen molar-refractivity contribution in [1.82, 2.24) is 4.90 Å². The van der Waals surface area contributed by atoms with Crippen LogP contribution in [0.1, 0.15) is 56.3 Å². The fraction of sp³-hybridized carbons (Fsp3) is 0.407. The molecular weight excluding hydrogens is 478 g/mol. The zero-order valence-electron chi connectivity index (χ0n) is 21.0. The molecule has 0 bridgehead atoms. The molecule has 1 unspecified atom stereocenters. The fourth-order valence-corrected chi connectivity index (χ4v) is 4.79. The second kappa shape index (κ2) is 13.7. The second-order valence-corrected chi connectivity index (χ2v) is 9.47. The molecular formula is C27H33N3O5S. The Morgan fingerprint density at radius 3 is 2.42 bits per heavy atom. The molecule has 192 valence electrons. The summed E-state index contributed by atoms with van der Waals surface area (Å²) in [5.41, 5.74) is 1.62. The Morgan fingerprint density at radius 1 is 1.06 bits per heavy atom. The summed E-state index contributed by atoms with van der Waals surface area (Å²) in [4.78, 5) is 43.5. The predicted octanol–water partition coefficient (Wildman–Crippen LogP) is 5.41. The molecule has 2 aromatic rings. The highest BCUT2D eigenvalue weighted by atomic mass is 32.2. The van der Waals surface area contributed by atoms with Crippen LogP contribution in [0, 0.1) is 0 Å². The number of benzene rings is 2. The summed E-state index contributed by atoms with van der Waals surface area (Å²) in [7, 11) is 1.32. The van der Waals surface area contributed by atoms with Gasteiger partial charge in [-0.15, -0.1) is 0 Å². The summed E-state index contributed by atoms with van der Waals surface area (Å²) >= 11 is 1.25. The van der Waals surface area contributed by atoms with Crippen LogP contribution in [-0.2, 0) is 14.3 Å². The molecule has 1 aliphatic heterocycles. The number of anilines is 1. The molecule has 9 heteroatoms. The summed E-state index contributed by atoms with van der Waals surface area (Å²) in [5, 5.41) is 2.74. The van der Waals surface area contributed by atoms with E-state index >= 15 is 0 Å². The number of nitrogens with zero attached hydrogens (tertiary/aromatic N) is 2. The zero-order valence-corrected chi connectivity index (χ0v) is 21.8. The van der Waals surface area contributed by atoms with Gasteiger partial charge in [0.05, 0.1) is 25.0 Å². The standard InChI is InChI=1S/C27H33N3O5S/c1-4-6-7-8-17-35-22-15-13-20(14-16-22)28-25(32)23-18-24(31)30(5-2)27(36-23)29-21-11-9-19(10-12-21)26(33)34-3/h9-16,23H,4-8,17-18H2,1-3H3,(H,28,32). The molecule has 1 fully saturated rings. The van der Waals surface area contributed by atoms with E-state index in [0.717, 1.165) is 18.6 Å². The minimum atomic E-state index is -0.608. The lowest BCUT2D eigenvalue weighted by Gasteiger charge is -2.30.